The molecule has 1 heterocycles. The van der Waals surface area contributed by atoms with E-state index < -0.39 is 10.0 Å². The molecule has 0 aromatic heterocycles. The number of para-hydroxylation sites is 1. The number of benzene rings is 2. The fourth-order valence-electron chi connectivity index (χ4n) is 3.18. The zero-order chi connectivity index (χ0) is 20.3. The zero-order valence-corrected chi connectivity index (χ0v) is 17.6. The molecule has 1 aliphatic rings. The molecule has 8 heteroatoms. The van der Waals surface area contributed by atoms with Crippen LogP contribution >= 0.6 is 11.6 Å². The van der Waals surface area contributed by atoms with Gasteiger partial charge in [-0.25, -0.2) is 8.42 Å². The molecule has 0 atom stereocenters. The molecule has 0 bridgehead atoms. The van der Waals surface area contributed by atoms with Crippen LogP contribution in [0.3, 0.4) is 0 Å². The molecule has 1 saturated heterocycles. The number of rotatable bonds is 4. The van der Waals surface area contributed by atoms with E-state index >= 15 is 0 Å². The number of anilines is 1. The number of sulfonamides is 1. The molecule has 0 saturated carbocycles. The van der Waals surface area contributed by atoms with Gasteiger partial charge < -0.3 is 9.80 Å². The van der Waals surface area contributed by atoms with E-state index in [9.17, 15) is 13.2 Å². The van der Waals surface area contributed by atoms with Crippen LogP contribution < -0.4 is 4.31 Å². The molecule has 0 radical (unpaired) electrons. The quantitative estimate of drug-likeness (QED) is 0.761. The number of amides is 1. The molecule has 1 fully saturated rings. The van der Waals surface area contributed by atoms with Crippen LogP contribution in [0.1, 0.15) is 16.8 Å². The lowest BCUT2D eigenvalue weighted by Crippen LogP contribution is -2.35. The van der Waals surface area contributed by atoms with Gasteiger partial charge in [0.1, 0.15) is 0 Å². The van der Waals surface area contributed by atoms with E-state index in [1.165, 1.54) is 29.6 Å². The lowest BCUT2D eigenvalue weighted by atomic mass is 10.2. The number of carbonyl (C=O) groups excluding carboxylic acids is 1. The van der Waals surface area contributed by atoms with Gasteiger partial charge >= 0.3 is 0 Å². The minimum atomic E-state index is -3.82. The summed E-state index contributed by atoms with van der Waals surface area (Å²) < 4.78 is 27.3. The predicted molar refractivity (Wildman–Crippen MR) is 112 cm³/mol. The van der Waals surface area contributed by atoms with Gasteiger partial charge in [0.05, 0.1) is 21.2 Å². The maximum atomic E-state index is 13.0. The van der Waals surface area contributed by atoms with Crippen molar-refractivity contribution in [1.82, 2.24) is 9.80 Å². The van der Waals surface area contributed by atoms with E-state index in [0.717, 1.165) is 19.5 Å². The van der Waals surface area contributed by atoms with E-state index in [0.29, 0.717) is 18.8 Å². The van der Waals surface area contributed by atoms with E-state index in [1.54, 1.807) is 29.2 Å². The second-order valence-corrected chi connectivity index (χ2v) is 9.28. The van der Waals surface area contributed by atoms with Crippen molar-refractivity contribution in [2.75, 3.05) is 44.6 Å². The SMILES string of the molecule is CN1CCCN(C(=O)c2cc(S(=O)(=O)N(C)c3ccccc3)ccc2Cl)CC1. The van der Waals surface area contributed by atoms with Crippen molar-refractivity contribution in [1.29, 1.82) is 0 Å². The molecule has 28 heavy (non-hydrogen) atoms. The van der Waals surface area contributed by atoms with E-state index in [4.69, 9.17) is 11.6 Å². The molecule has 0 spiro atoms. The topological polar surface area (TPSA) is 60.9 Å². The van der Waals surface area contributed by atoms with Crippen molar-refractivity contribution in [3.05, 3.63) is 59.1 Å². The Morgan fingerprint density at radius 3 is 2.46 bits per heavy atom. The first-order valence-corrected chi connectivity index (χ1v) is 10.9. The van der Waals surface area contributed by atoms with Crippen molar-refractivity contribution >= 4 is 33.2 Å². The number of nitrogens with zero attached hydrogens (tertiary/aromatic N) is 3. The average Bonchev–Trinajstić information content (AvgIpc) is 2.92. The summed E-state index contributed by atoms with van der Waals surface area (Å²) in [6.45, 7) is 2.92. The van der Waals surface area contributed by atoms with Gasteiger partial charge in [-0.1, -0.05) is 29.8 Å². The molecule has 0 aliphatic carbocycles. The molecule has 3 rings (SSSR count). The van der Waals surface area contributed by atoms with Gasteiger partial charge in [-0.05, 0) is 50.3 Å². The fourth-order valence-corrected chi connectivity index (χ4v) is 4.60. The van der Waals surface area contributed by atoms with Crippen molar-refractivity contribution in [3.8, 4) is 0 Å². The average molecular weight is 422 g/mol. The van der Waals surface area contributed by atoms with E-state index in [2.05, 4.69) is 4.90 Å². The van der Waals surface area contributed by atoms with Crippen LogP contribution in [0.25, 0.3) is 0 Å². The maximum absolute atomic E-state index is 13.0. The Morgan fingerprint density at radius 2 is 1.75 bits per heavy atom. The third kappa shape index (κ3) is 4.32. The molecule has 0 N–H and O–H groups in total. The van der Waals surface area contributed by atoms with Gasteiger partial charge in [0.15, 0.2) is 0 Å². The van der Waals surface area contributed by atoms with Crippen LogP contribution in [-0.2, 0) is 10.0 Å². The van der Waals surface area contributed by atoms with E-state index in [1.807, 2.05) is 13.1 Å². The molecule has 1 aliphatic heterocycles. The smallest absolute Gasteiger partial charge is 0.264 e. The first kappa shape index (κ1) is 20.6. The number of hydrogen-bond acceptors (Lipinski definition) is 4. The van der Waals surface area contributed by atoms with Gasteiger partial charge in [-0.2, -0.15) is 0 Å². The van der Waals surface area contributed by atoms with Gasteiger partial charge in [0, 0.05) is 26.7 Å². The maximum Gasteiger partial charge on any atom is 0.264 e. The summed E-state index contributed by atoms with van der Waals surface area (Å²) in [5, 5.41) is 0.254. The fraction of sp³-hybridized carbons (Fsp3) is 0.350. The van der Waals surface area contributed by atoms with Gasteiger partial charge in [0.2, 0.25) is 0 Å². The van der Waals surface area contributed by atoms with Gasteiger partial charge in [-0.15, -0.1) is 0 Å². The summed E-state index contributed by atoms with van der Waals surface area (Å²) in [6.07, 6.45) is 0.870. The number of carbonyl (C=O) groups is 1. The van der Waals surface area contributed by atoms with Gasteiger partial charge in [0.25, 0.3) is 15.9 Å². The van der Waals surface area contributed by atoms with Crippen LogP contribution in [-0.4, -0.2) is 64.4 Å². The van der Waals surface area contributed by atoms with Crippen LogP contribution in [0.15, 0.2) is 53.4 Å². The highest BCUT2D eigenvalue weighted by Gasteiger charge is 2.26. The minimum Gasteiger partial charge on any atom is -0.337 e. The standard InChI is InChI=1S/C20H24ClN3O3S/c1-22-11-6-12-24(14-13-22)20(25)18-15-17(9-10-19(18)21)28(26,27)23(2)16-7-4-3-5-8-16/h3-5,7-10,15H,6,11-14H2,1-2H3. The molecule has 1 amide bonds. The highest BCUT2D eigenvalue weighted by Crippen LogP contribution is 2.26. The highest BCUT2D eigenvalue weighted by atomic mass is 35.5. The third-order valence-corrected chi connectivity index (χ3v) is 7.06. The molecular weight excluding hydrogens is 398 g/mol. The Balaban J connectivity index is 1.91. The molecular formula is C20H24ClN3O3S. The van der Waals surface area contributed by atoms with Crippen LogP contribution in [0.2, 0.25) is 5.02 Å². The van der Waals surface area contributed by atoms with Crippen LogP contribution in [0, 0.1) is 0 Å². The van der Waals surface area contributed by atoms with Crippen LogP contribution in [0.5, 0.6) is 0 Å². The Labute approximate surface area is 171 Å². The molecule has 2 aromatic rings. The Morgan fingerprint density at radius 1 is 1.04 bits per heavy atom. The largest absolute Gasteiger partial charge is 0.337 e. The second kappa shape index (κ2) is 8.51. The van der Waals surface area contributed by atoms with Crippen molar-refractivity contribution in [2.45, 2.75) is 11.3 Å². The second-order valence-electron chi connectivity index (χ2n) is 6.90. The molecule has 2 aromatic carbocycles. The Kier molecular flexibility index (Phi) is 6.27. The van der Waals surface area contributed by atoms with Gasteiger partial charge in [-0.3, -0.25) is 9.10 Å². The number of likely N-dealkylation sites (N-methyl/N-ethyl adjacent to an activating group) is 1. The third-order valence-electron chi connectivity index (χ3n) is 4.95. The van der Waals surface area contributed by atoms with Crippen molar-refractivity contribution < 1.29 is 13.2 Å². The lowest BCUT2D eigenvalue weighted by molar-refractivity contribution is 0.0762. The summed E-state index contributed by atoms with van der Waals surface area (Å²) in [4.78, 5) is 17.0. The molecule has 6 nitrogen and oxygen atoms in total. The predicted octanol–water partition coefficient (Wildman–Crippen LogP) is 2.94. The van der Waals surface area contributed by atoms with Crippen molar-refractivity contribution in [3.63, 3.8) is 0 Å². The molecule has 150 valence electrons. The number of hydrogen-bond donors (Lipinski definition) is 0. The minimum absolute atomic E-state index is 0.0403. The summed E-state index contributed by atoms with van der Waals surface area (Å²) in [5.74, 6) is -0.236. The normalized spacial score (nSPS) is 15.9. The Hall–Kier alpha value is -2.09. The summed E-state index contributed by atoms with van der Waals surface area (Å²) in [6, 6.07) is 13.1. The summed E-state index contributed by atoms with van der Waals surface area (Å²) in [5.41, 5.74) is 0.759. The van der Waals surface area contributed by atoms with E-state index in [-0.39, 0.29) is 21.4 Å². The first-order valence-electron chi connectivity index (χ1n) is 9.12. The zero-order valence-electron chi connectivity index (χ0n) is 16.0. The monoisotopic (exact) mass is 421 g/mol. The Bertz CT molecular complexity index is 950. The molecule has 0 unspecified atom stereocenters. The number of halogens is 1. The summed E-state index contributed by atoms with van der Waals surface area (Å²) in [7, 11) is -0.303. The van der Waals surface area contributed by atoms with Crippen molar-refractivity contribution in [2.24, 2.45) is 0 Å². The van der Waals surface area contributed by atoms with Crippen LogP contribution in [0.4, 0.5) is 5.69 Å². The first-order chi connectivity index (χ1) is 13.3. The summed E-state index contributed by atoms with van der Waals surface area (Å²) >= 11 is 6.26. The lowest BCUT2D eigenvalue weighted by Gasteiger charge is -2.23. The highest BCUT2D eigenvalue weighted by molar-refractivity contribution is 7.92.